The molecular weight excluding hydrogens is 392 g/mol. The quantitative estimate of drug-likeness (QED) is 0.227. The number of carbonyl (C=O) groups is 1. The SMILES string of the molecule is C=CCn1c(SCC(=O)c2ccc(-c3ccccc3)cc2)nnc1-c1ccccn1. The van der Waals surface area contributed by atoms with Gasteiger partial charge < -0.3 is 0 Å². The monoisotopic (exact) mass is 412 g/mol. The van der Waals surface area contributed by atoms with Crippen LogP contribution < -0.4 is 0 Å². The summed E-state index contributed by atoms with van der Waals surface area (Å²) in [6, 6.07) is 23.5. The third-order valence-corrected chi connectivity index (χ3v) is 5.54. The molecule has 0 bridgehead atoms. The van der Waals surface area contributed by atoms with Gasteiger partial charge in [0, 0.05) is 18.3 Å². The predicted octanol–water partition coefficient (Wildman–Crippen LogP) is 5.17. The number of benzene rings is 2. The third-order valence-electron chi connectivity index (χ3n) is 4.57. The molecule has 0 unspecified atom stereocenters. The van der Waals surface area contributed by atoms with E-state index in [1.54, 1.807) is 12.3 Å². The predicted molar refractivity (Wildman–Crippen MR) is 120 cm³/mol. The zero-order valence-corrected chi connectivity index (χ0v) is 17.1. The Kier molecular flexibility index (Phi) is 6.15. The van der Waals surface area contributed by atoms with Gasteiger partial charge in [-0.25, -0.2) is 0 Å². The van der Waals surface area contributed by atoms with Gasteiger partial charge in [0.05, 0.1) is 5.75 Å². The second-order valence-corrected chi connectivity index (χ2v) is 7.52. The Hall–Kier alpha value is -3.51. The van der Waals surface area contributed by atoms with Gasteiger partial charge >= 0.3 is 0 Å². The van der Waals surface area contributed by atoms with Crippen molar-refractivity contribution in [3.8, 4) is 22.6 Å². The zero-order chi connectivity index (χ0) is 20.8. The van der Waals surface area contributed by atoms with Crippen LogP contribution in [0.3, 0.4) is 0 Å². The Labute approximate surface area is 179 Å². The number of carbonyl (C=O) groups excluding carboxylic acids is 1. The lowest BCUT2D eigenvalue weighted by Crippen LogP contribution is -2.05. The van der Waals surface area contributed by atoms with Crippen LogP contribution in [-0.4, -0.2) is 31.3 Å². The van der Waals surface area contributed by atoms with Crippen LogP contribution in [0.4, 0.5) is 0 Å². The molecule has 0 spiro atoms. The molecule has 0 aliphatic carbocycles. The molecule has 4 rings (SSSR count). The normalized spacial score (nSPS) is 10.7. The number of Topliss-reactive ketones (excluding diaryl/α,β-unsaturated/α-hetero) is 1. The van der Waals surface area contributed by atoms with Crippen molar-refractivity contribution in [1.29, 1.82) is 0 Å². The van der Waals surface area contributed by atoms with Gasteiger partial charge in [0.15, 0.2) is 16.8 Å². The van der Waals surface area contributed by atoms with Crippen LogP contribution in [0.1, 0.15) is 10.4 Å². The topological polar surface area (TPSA) is 60.7 Å². The molecule has 2 heterocycles. The molecule has 0 radical (unpaired) electrons. The molecule has 0 saturated carbocycles. The number of aromatic nitrogens is 4. The summed E-state index contributed by atoms with van der Waals surface area (Å²) in [5, 5.41) is 9.21. The fourth-order valence-electron chi connectivity index (χ4n) is 3.07. The number of thioether (sulfide) groups is 1. The van der Waals surface area contributed by atoms with Crippen molar-refractivity contribution in [2.24, 2.45) is 0 Å². The molecule has 0 aliphatic rings. The third kappa shape index (κ3) is 4.39. The van der Waals surface area contributed by atoms with Gasteiger partial charge in [0.2, 0.25) is 0 Å². The Bertz CT molecular complexity index is 1140. The highest BCUT2D eigenvalue weighted by Crippen LogP contribution is 2.24. The minimum atomic E-state index is 0.0483. The van der Waals surface area contributed by atoms with Gasteiger partial charge in [0.25, 0.3) is 0 Å². The highest BCUT2D eigenvalue weighted by molar-refractivity contribution is 7.99. The van der Waals surface area contributed by atoms with Crippen LogP contribution >= 0.6 is 11.8 Å². The minimum Gasteiger partial charge on any atom is -0.297 e. The van der Waals surface area contributed by atoms with Gasteiger partial charge in [-0.05, 0) is 23.3 Å². The van der Waals surface area contributed by atoms with E-state index >= 15 is 0 Å². The van der Waals surface area contributed by atoms with Crippen molar-refractivity contribution in [3.63, 3.8) is 0 Å². The number of rotatable bonds is 8. The second kappa shape index (κ2) is 9.33. The maximum absolute atomic E-state index is 12.7. The molecule has 4 aromatic rings. The van der Waals surface area contributed by atoms with E-state index in [0.717, 1.165) is 16.8 Å². The summed E-state index contributed by atoms with van der Waals surface area (Å²) in [5.41, 5.74) is 3.64. The standard InChI is InChI=1S/C24H20N4OS/c1-2-16-28-23(21-10-6-7-15-25-21)26-27-24(28)30-17-22(29)20-13-11-19(12-14-20)18-8-4-3-5-9-18/h2-15H,1,16-17H2. The Morgan fingerprint density at radius 2 is 1.67 bits per heavy atom. The average molecular weight is 413 g/mol. The number of ketones is 1. The van der Waals surface area contributed by atoms with Crippen molar-refractivity contribution in [1.82, 2.24) is 19.7 Å². The minimum absolute atomic E-state index is 0.0483. The second-order valence-electron chi connectivity index (χ2n) is 6.58. The van der Waals surface area contributed by atoms with Gasteiger partial charge in [-0.2, -0.15) is 0 Å². The first-order valence-electron chi connectivity index (χ1n) is 9.53. The highest BCUT2D eigenvalue weighted by Gasteiger charge is 2.16. The molecule has 0 fully saturated rings. The van der Waals surface area contributed by atoms with E-state index in [0.29, 0.717) is 23.1 Å². The van der Waals surface area contributed by atoms with Crippen molar-refractivity contribution in [2.75, 3.05) is 5.75 Å². The molecular formula is C24H20N4OS. The van der Waals surface area contributed by atoms with E-state index in [1.807, 2.05) is 65.2 Å². The molecule has 2 aromatic heterocycles. The van der Waals surface area contributed by atoms with E-state index in [-0.39, 0.29) is 11.5 Å². The first-order chi connectivity index (χ1) is 14.8. The molecule has 5 nitrogen and oxygen atoms in total. The molecule has 0 saturated heterocycles. The first kappa shape index (κ1) is 19.8. The molecule has 148 valence electrons. The first-order valence-corrected chi connectivity index (χ1v) is 10.5. The van der Waals surface area contributed by atoms with Crippen LogP contribution in [0.5, 0.6) is 0 Å². The summed E-state index contributed by atoms with van der Waals surface area (Å²) in [5.74, 6) is 0.993. The van der Waals surface area contributed by atoms with Crippen LogP contribution in [0, 0.1) is 0 Å². The number of pyridine rings is 1. The van der Waals surface area contributed by atoms with Gasteiger partial charge in [0.1, 0.15) is 5.69 Å². The Morgan fingerprint density at radius 1 is 0.933 bits per heavy atom. The molecule has 2 aromatic carbocycles. The van der Waals surface area contributed by atoms with Crippen molar-refractivity contribution >= 4 is 17.5 Å². The lowest BCUT2D eigenvalue weighted by molar-refractivity contribution is 0.102. The van der Waals surface area contributed by atoms with E-state index in [9.17, 15) is 4.79 Å². The smallest absolute Gasteiger partial charge is 0.192 e. The summed E-state index contributed by atoms with van der Waals surface area (Å²) >= 11 is 1.37. The summed E-state index contributed by atoms with van der Waals surface area (Å²) < 4.78 is 1.92. The Balaban J connectivity index is 1.47. The summed E-state index contributed by atoms with van der Waals surface area (Å²) in [6.45, 7) is 4.36. The molecule has 30 heavy (non-hydrogen) atoms. The highest BCUT2D eigenvalue weighted by atomic mass is 32.2. The maximum Gasteiger partial charge on any atom is 0.192 e. The molecule has 0 aliphatic heterocycles. The number of hydrogen-bond donors (Lipinski definition) is 0. The van der Waals surface area contributed by atoms with Crippen LogP contribution in [-0.2, 0) is 6.54 Å². The Morgan fingerprint density at radius 3 is 2.37 bits per heavy atom. The van der Waals surface area contributed by atoms with E-state index in [2.05, 4.69) is 33.9 Å². The van der Waals surface area contributed by atoms with Gasteiger partial charge in [-0.1, -0.05) is 78.5 Å². The lowest BCUT2D eigenvalue weighted by atomic mass is 10.0. The molecule has 0 amide bonds. The van der Waals surface area contributed by atoms with Gasteiger partial charge in [-0.3, -0.25) is 14.3 Å². The lowest BCUT2D eigenvalue weighted by Gasteiger charge is -2.07. The number of allylic oxidation sites excluding steroid dienone is 1. The van der Waals surface area contributed by atoms with Crippen molar-refractivity contribution < 1.29 is 4.79 Å². The van der Waals surface area contributed by atoms with Crippen molar-refractivity contribution in [3.05, 3.63) is 97.2 Å². The fraction of sp³-hybridized carbons (Fsp3) is 0.0833. The van der Waals surface area contributed by atoms with Crippen LogP contribution in [0.2, 0.25) is 0 Å². The maximum atomic E-state index is 12.7. The van der Waals surface area contributed by atoms with Crippen LogP contribution in [0.15, 0.2) is 96.8 Å². The number of hydrogen-bond acceptors (Lipinski definition) is 5. The summed E-state index contributed by atoms with van der Waals surface area (Å²) in [7, 11) is 0. The van der Waals surface area contributed by atoms with Crippen molar-refractivity contribution in [2.45, 2.75) is 11.7 Å². The van der Waals surface area contributed by atoms with E-state index < -0.39 is 0 Å². The molecule has 6 heteroatoms. The summed E-state index contributed by atoms with van der Waals surface area (Å²) in [4.78, 5) is 17.0. The van der Waals surface area contributed by atoms with E-state index in [4.69, 9.17) is 0 Å². The number of nitrogens with zero attached hydrogens (tertiary/aromatic N) is 4. The molecule has 0 N–H and O–H groups in total. The average Bonchev–Trinajstić information content (AvgIpc) is 3.21. The zero-order valence-electron chi connectivity index (χ0n) is 16.3. The summed E-state index contributed by atoms with van der Waals surface area (Å²) in [6.07, 6.45) is 3.50. The van der Waals surface area contributed by atoms with Crippen LogP contribution in [0.25, 0.3) is 22.6 Å². The largest absolute Gasteiger partial charge is 0.297 e. The fourth-order valence-corrected chi connectivity index (χ4v) is 3.91. The molecule has 0 atom stereocenters. The van der Waals surface area contributed by atoms with Gasteiger partial charge in [-0.15, -0.1) is 16.8 Å². The van der Waals surface area contributed by atoms with E-state index in [1.165, 1.54) is 11.8 Å².